The molecule has 0 aliphatic carbocycles. The number of nitrogens with zero attached hydrogens (tertiary/aromatic N) is 5. The van der Waals surface area contributed by atoms with Crippen LogP contribution in [0.25, 0.3) is 22.3 Å². The molecule has 7 nitrogen and oxygen atoms in total. The van der Waals surface area contributed by atoms with Crippen LogP contribution in [0.1, 0.15) is 17.1 Å². The van der Waals surface area contributed by atoms with Gasteiger partial charge in [-0.25, -0.2) is 14.2 Å². The molecule has 2 heterocycles. The normalized spacial score (nSPS) is 11.5. The minimum Gasteiger partial charge on any atom is -0.454 e. The van der Waals surface area contributed by atoms with Gasteiger partial charge in [0.25, 0.3) is 0 Å². The quantitative estimate of drug-likeness (QED) is 0.346. The van der Waals surface area contributed by atoms with Gasteiger partial charge in [-0.05, 0) is 41.1 Å². The molecule has 0 unspecified atom stereocenters. The van der Waals surface area contributed by atoms with Crippen LogP contribution in [0.3, 0.4) is 0 Å². The number of halogens is 1. The molecule has 150 valence electrons. The highest BCUT2D eigenvalue weighted by Gasteiger charge is 2.18. The molecule has 2 aromatic carbocycles. The number of rotatable bonds is 6. The molecule has 0 aliphatic heterocycles. The number of carbonyl (C=O) groups excluding carboxylic acids is 1. The second kappa shape index (κ2) is 8.75. The largest absolute Gasteiger partial charge is 0.454 e. The van der Waals surface area contributed by atoms with E-state index in [2.05, 4.69) is 20.5 Å². The third-order valence-corrected chi connectivity index (χ3v) is 5.08. The fourth-order valence-electron chi connectivity index (χ4n) is 2.72. The molecule has 0 radical (unpaired) electrons. The average molecular weight is 421 g/mol. The molecule has 0 saturated carbocycles. The Balaban J connectivity index is 1.54. The summed E-state index contributed by atoms with van der Waals surface area (Å²) in [4.78, 5) is 17.3. The fourth-order valence-corrected chi connectivity index (χ4v) is 3.53. The standard InChI is InChI=1S/C21H16FN5O2S/c1-14-24-25-26-27(14)19(11-15-6-5-9-17(22)10-15)21(28)29-12-18-13-30-20(23-18)16-7-3-2-4-8-16/h2-11,13H,12H2,1H3/b19-11-. The van der Waals surface area contributed by atoms with Gasteiger partial charge in [0.15, 0.2) is 11.5 Å². The van der Waals surface area contributed by atoms with E-state index in [4.69, 9.17) is 4.74 Å². The molecule has 4 rings (SSSR count). The summed E-state index contributed by atoms with van der Waals surface area (Å²) in [6.45, 7) is 1.64. The van der Waals surface area contributed by atoms with Gasteiger partial charge in [0.05, 0.1) is 5.69 Å². The van der Waals surface area contributed by atoms with Crippen molar-refractivity contribution < 1.29 is 13.9 Å². The van der Waals surface area contributed by atoms with Crippen LogP contribution < -0.4 is 0 Å². The lowest BCUT2D eigenvalue weighted by Crippen LogP contribution is -2.15. The van der Waals surface area contributed by atoms with Crippen LogP contribution in [0.2, 0.25) is 0 Å². The predicted molar refractivity (Wildman–Crippen MR) is 110 cm³/mol. The van der Waals surface area contributed by atoms with Crippen molar-refractivity contribution in [2.45, 2.75) is 13.5 Å². The highest BCUT2D eigenvalue weighted by molar-refractivity contribution is 7.13. The average Bonchev–Trinajstić information content (AvgIpc) is 3.40. The SMILES string of the molecule is Cc1nnnn1/C(=C\c1cccc(F)c1)C(=O)OCc1csc(-c2ccccc2)n1. The van der Waals surface area contributed by atoms with E-state index in [-0.39, 0.29) is 12.3 Å². The van der Waals surface area contributed by atoms with Crippen molar-refractivity contribution in [3.05, 3.63) is 82.9 Å². The highest BCUT2D eigenvalue weighted by Crippen LogP contribution is 2.24. The van der Waals surface area contributed by atoms with E-state index in [0.29, 0.717) is 17.1 Å². The zero-order valence-electron chi connectivity index (χ0n) is 15.9. The first-order valence-corrected chi connectivity index (χ1v) is 9.88. The van der Waals surface area contributed by atoms with Crippen molar-refractivity contribution in [2.75, 3.05) is 0 Å². The molecule has 0 bridgehead atoms. The van der Waals surface area contributed by atoms with E-state index < -0.39 is 11.8 Å². The number of tetrazole rings is 1. The first kappa shape index (κ1) is 19.6. The molecule has 0 fully saturated rings. The molecule has 4 aromatic rings. The number of benzene rings is 2. The second-order valence-electron chi connectivity index (χ2n) is 6.31. The van der Waals surface area contributed by atoms with Gasteiger partial charge < -0.3 is 4.74 Å². The lowest BCUT2D eigenvalue weighted by atomic mass is 10.2. The van der Waals surface area contributed by atoms with Crippen LogP contribution in [-0.2, 0) is 16.1 Å². The Morgan fingerprint density at radius 3 is 2.77 bits per heavy atom. The zero-order valence-corrected chi connectivity index (χ0v) is 16.7. The first-order valence-electron chi connectivity index (χ1n) is 9.00. The van der Waals surface area contributed by atoms with Gasteiger partial charge in [0.1, 0.15) is 17.4 Å². The highest BCUT2D eigenvalue weighted by atomic mass is 32.1. The Hall–Kier alpha value is -3.72. The number of aryl methyl sites for hydroxylation is 1. The van der Waals surface area contributed by atoms with Crippen molar-refractivity contribution in [3.63, 3.8) is 0 Å². The molecule has 0 saturated heterocycles. The van der Waals surface area contributed by atoms with Gasteiger partial charge in [-0.2, -0.15) is 4.68 Å². The van der Waals surface area contributed by atoms with Gasteiger partial charge in [0, 0.05) is 10.9 Å². The molecule has 0 spiro atoms. The Morgan fingerprint density at radius 2 is 2.03 bits per heavy atom. The van der Waals surface area contributed by atoms with Crippen LogP contribution in [0.4, 0.5) is 4.39 Å². The number of thiazole rings is 1. The molecular weight excluding hydrogens is 405 g/mol. The van der Waals surface area contributed by atoms with Crippen molar-refractivity contribution in [3.8, 4) is 10.6 Å². The van der Waals surface area contributed by atoms with Gasteiger partial charge >= 0.3 is 5.97 Å². The molecular formula is C21H16FN5O2S. The van der Waals surface area contributed by atoms with Crippen molar-refractivity contribution in [1.29, 1.82) is 0 Å². The van der Waals surface area contributed by atoms with Gasteiger partial charge in [-0.3, -0.25) is 0 Å². The minimum atomic E-state index is -0.649. The summed E-state index contributed by atoms with van der Waals surface area (Å²) in [5.74, 6) is -0.667. The van der Waals surface area contributed by atoms with Gasteiger partial charge in [0.2, 0.25) is 0 Å². The number of aromatic nitrogens is 5. The third-order valence-electron chi connectivity index (χ3n) is 4.14. The zero-order chi connectivity index (χ0) is 20.9. The van der Waals surface area contributed by atoms with Crippen molar-refractivity contribution in [1.82, 2.24) is 25.2 Å². The summed E-state index contributed by atoms with van der Waals surface area (Å²) in [5, 5.41) is 13.9. The molecule has 0 amide bonds. The third kappa shape index (κ3) is 4.47. The molecule has 0 N–H and O–H groups in total. The topological polar surface area (TPSA) is 82.8 Å². The lowest BCUT2D eigenvalue weighted by Gasteiger charge is -2.08. The Labute approximate surface area is 175 Å². The van der Waals surface area contributed by atoms with Gasteiger partial charge in [-0.1, -0.05) is 42.5 Å². The second-order valence-corrected chi connectivity index (χ2v) is 7.17. The van der Waals surface area contributed by atoms with E-state index >= 15 is 0 Å². The molecule has 9 heteroatoms. The summed E-state index contributed by atoms with van der Waals surface area (Å²) >= 11 is 1.47. The van der Waals surface area contributed by atoms with Crippen LogP contribution in [0.15, 0.2) is 60.0 Å². The summed E-state index contributed by atoms with van der Waals surface area (Å²) in [6, 6.07) is 15.6. The summed E-state index contributed by atoms with van der Waals surface area (Å²) in [6.07, 6.45) is 1.48. The van der Waals surface area contributed by atoms with Crippen molar-refractivity contribution >= 4 is 29.1 Å². The van der Waals surface area contributed by atoms with E-state index in [1.54, 1.807) is 19.1 Å². The van der Waals surface area contributed by atoms with Crippen LogP contribution in [-0.4, -0.2) is 31.2 Å². The lowest BCUT2D eigenvalue weighted by molar-refractivity contribution is -0.138. The number of esters is 1. The predicted octanol–water partition coefficient (Wildman–Crippen LogP) is 3.99. The maximum absolute atomic E-state index is 13.6. The number of ether oxygens (including phenoxy) is 1. The van der Waals surface area contributed by atoms with Crippen LogP contribution in [0.5, 0.6) is 0 Å². The Bertz CT molecular complexity index is 1200. The molecule has 2 aromatic heterocycles. The summed E-state index contributed by atoms with van der Waals surface area (Å²) < 4.78 is 20.3. The Morgan fingerprint density at radius 1 is 1.20 bits per heavy atom. The van der Waals surface area contributed by atoms with E-state index in [1.807, 2.05) is 35.7 Å². The summed E-state index contributed by atoms with van der Waals surface area (Å²) in [7, 11) is 0. The van der Waals surface area contributed by atoms with E-state index in [9.17, 15) is 9.18 Å². The smallest absolute Gasteiger partial charge is 0.357 e. The van der Waals surface area contributed by atoms with Crippen LogP contribution >= 0.6 is 11.3 Å². The Kier molecular flexibility index (Phi) is 5.71. The maximum Gasteiger partial charge on any atom is 0.357 e. The molecule has 0 aliphatic rings. The fraction of sp³-hybridized carbons (Fsp3) is 0.0952. The van der Waals surface area contributed by atoms with E-state index in [0.717, 1.165) is 10.6 Å². The minimum absolute atomic E-state index is 0.0101. The first-order chi connectivity index (χ1) is 14.6. The maximum atomic E-state index is 13.6. The monoisotopic (exact) mass is 421 g/mol. The van der Waals surface area contributed by atoms with Crippen molar-refractivity contribution in [2.24, 2.45) is 0 Å². The van der Waals surface area contributed by atoms with Gasteiger partial charge in [-0.15, -0.1) is 16.4 Å². The van der Waals surface area contributed by atoms with Crippen LogP contribution in [0, 0.1) is 12.7 Å². The van der Waals surface area contributed by atoms with E-state index in [1.165, 1.54) is 34.2 Å². The number of hydrogen-bond acceptors (Lipinski definition) is 7. The number of carbonyl (C=O) groups is 1. The number of hydrogen-bond donors (Lipinski definition) is 0. The summed E-state index contributed by atoms with van der Waals surface area (Å²) in [5.41, 5.74) is 2.18. The molecule has 30 heavy (non-hydrogen) atoms. The molecule has 0 atom stereocenters.